The van der Waals surface area contributed by atoms with Crippen molar-refractivity contribution in [1.29, 1.82) is 10.8 Å². The summed E-state index contributed by atoms with van der Waals surface area (Å²) >= 11 is 0. The van der Waals surface area contributed by atoms with Crippen molar-refractivity contribution in [3.63, 3.8) is 0 Å². The zero-order valence-corrected chi connectivity index (χ0v) is 3.89. The summed E-state index contributed by atoms with van der Waals surface area (Å²) < 4.78 is 0. The Morgan fingerprint density at radius 3 is 2.29 bits per heavy atom. The van der Waals surface area contributed by atoms with Crippen LogP contribution in [0.4, 0.5) is 0 Å². The second-order valence-corrected chi connectivity index (χ2v) is 1.17. The van der Waals surface area contributed by atoms with Gasteiger partial charge in [-0.05, 0) is 6.21 Å². The highest BCUT2D eigenvalue weighted by molar-refractivity contribution is 5.66. The first-order chi connectivity index (χ1) is 3.31. The van der Waals surface area contributed by atoms with Crippen LogP contribution in [0, 0.1) is 10.8 Å². The van der Waals surface area contributed by atoms with E-state index < -0.39 is 6.10 Å². The van der Waals surface area contributed by atoms with Gasteiger partial charge in [-0.3, -0.25) is 0 Å². The lowest BCUT2D eigenvalue weighted by molar-refractivity contribution is 0.255. The summed E-state index contributed by atoms with van der Waals surface area (Å²) in [7, 11) is 0. The molecule has 0 aliphatic rings. The molecule has 3 nitrogen and oxygen atoms in total. The van der Waals surface area contributed by atoms with Gasteiger partial charge in [-0.15, -0.1) is 0 Å². The average Bonchev–Trinajstić information content (AvgIpc) is 1.68. The predicted molar refractivity (Wildman–Crippen MR) is 28.2 cm³/mol. The highest BCUT2D eigenvalue weighted by Crippen LogP contribution is 1.78. The predicted octanol–water partition coefficient (Wildman–Crippen LogP) is 0.0365. The smallest absolute Gasteiger partial charge is 0.0933 e. The summed E-state index contributed by atoms with van der Waals surface area (Å²) in [6.07, 6.45) is 1.49. The lowest BCUT2D eigenvalue weighted by atomic mass is 10.3. The fourth-order valence-corrected chi connectivity index (χ4v) is 0.189. The molecule has 0 aliphatic carbocycles. The topological polar surface area (TPSA) is 67.9 Å². The van der Waals surface area contributed by atoms with E-state index >= 15 is 0 Å². The number of hydrogen-bond acceptors (Lipinski definition) is 3. The Hall–Kier alpha value is -0.700. The van der Waals surface area contributed by atoms with Crippen molar-refractivity contribution in [1.82, 2.24) is 0 Å². The maximum atomic E-state index is 8.46. The van der Waals surface area contributed by atoms with E-state index in [1.54, 1.807) is 0 Å². The third-order valence-electron chi connectivity index (χ3n) is 0.552. The van der Waals surface area contributed by atoms with Crippen molar-refractivity contribution in [2.24, 2.45) is 0 Å². The Labute approximate surface area is 42.0 Å². The van der Waals surface area contributed by atoms with Gasteiger partial charge in [-0.25, -0.2) is 0 Å². The molecule has 0 saturated carbocycles. The van der Waals surface area contributed by atoms with Gasteiger partial charge in [0.2, 0.25) is 0 Å². The van der Waals surface area contributed by atoms with Gasteiger partial charge in [0.15, 0.2) is 0 Å². The van der Waals surface area contributed by atoms with Crippen molar-refractivity contribution >= 4 is 12.4 Å². The molecule has 40 valence electrons. The van der Waals surface area contributed by atoms with Crippen LogP contribution in [0.1, 0.15) is 6.42 Å². The number of aliphatic hydroxyl groups is 1. The lowest BCUT2D eigenvalue weighted by Gasteiger charge is -1.92. The number of hydrogen-bond donors (Lipinski definition) is 3. The summed E-state index contributed by atoms with van der Waals surface area (Å²) in [6, 6.07) is 0. The Bertz CT molecular complexity index is 72.1. The van der Waals surface area contributed by atoms with Crippen LogP contribution in [0.15, 0.2) is 0 Å². The van der Waals surface area contributed by atoms with Crippen LogP contribution in [-0.4, -0.2) is 23.6 Å². The van der Waals surface area contributed by atoms with Crippen LogP contribution in [0.25, 0.3) is 0 Å². The molecule has 0 amide bonds. The lowest BCUT2D eigenvalue weighted by Crippen LogP contribution is -2.06. The monoisotopic (exact) mass is 100 g/mol. The summed E-state index contributed by atoms with van der Waals surface area (Å²) in [5.74, 6) is 0. The van der Waals surface area contributed by atoms with Gasteiger partial charge in [0.05, 0.1) is 6.10 Å². The largest absolute Gasteiger partial charge is 0.387 e. The molecule has 1 atom stereocenters. The van der Waals surface area contributed by atoms with Crippen LogP contribution in [-0.2, 0) is 0 Å². The molecule has 0 radical (unpaired) electrons. The fourth-order valence-electron chi connectivity index (χ4n) is 0.189. The molecule has 0 aromatic rings. The molecule has 0 bridgehead atoms. The van der Waals surface area contributed by atoms with E-state index in [0.717, 1.165) is 12.4 Å². The van der Waals surface area contributed by atoms with Crippen LogP contribution < -0.4 is 0 Å². The Morgan fingerprint density at radius 1 is 1.57 bits per heavy atom. The molecule has 0 rings (SSSR count). The SMILES string of the molecule is N=CCC(O)C=N. The zero-order chi connectivity index (χ0) is 5.70. The zero-order valence-electron chi connectivity index (χ0n) is 3.89. The van der Waals surface area contributed by atoms with E-state index in [-0.39, 0.29) is 6.42 Å². The molecular formula is C4H8N2O. The van der Waals surface area contributed by atoms with E-state index in [4.69, 9.17) is 15.9 Å². The van der Waals surface area contributed by atoms with Gasteiger partial charge in [-0.1, -0.05) is 0 Å². The van der Waals surface area contributed by atoms with Crippen molar-refractivity contribution in [2.45, 2.75) is 12.5 Å². The van der Waals surface area contributed by atoms with Gasteiger partial charge in [-0.2, -0.15) is 0 Å². The molecule has 1 unspecified atom stereocenters. The van der Waals surface area contributed by atoms with Crippen LogP contribution in [0.5, 0.6) is 0 Å². The van der Waals surface area contributed by atoms with E-state index in [1.165, 1.54) is 0 Å². The van der Waals surface area contributed by atoms with E-state index in [0.29, 0.717) is 0 Å². The average molecular weight is 100 g/mol. The second kappa shape index (κ2) is 3.49. The highest BCUT2D eigenvalue weighted by atomic mass is 16.3. The summed E-state index contributed by atoms with van der Waals surface area (Å²) in [5.41, 5.74) is 0. The van der Waals surface area contributed by atoms with Gasteiger partial charge >= 0.3 is 0 Å². The second-order valence-electron chi connectivity index (χ2n) is 1.17. The first-order valence-electron chi connectivity index (χ1n) is 1.99. The molecule has 0 saturated heterocycles. The molecule has 0 aliphatic heterocycles. The maximum absolute atomic E-state index is 8.46. The molecule has 3 N–H and O–H groups in total. The fraction of sp³-hybridized carbons (Fsp3) is 0.500. The van der Waals surface area contributed by atoms with Crippen molar-refractivity contribution < 1.29 is 5.11 Å². The molecule has 0 fully saturated rings. The third kappa shape index (κ3) is 3.12. The minimum atomic E-state index is -0.752. The standard InChI is InChI=1S/C4H8N2O/c5-2-1-4(7)3-6/h2-7H,1H2. The van der Waals surface area contributed by atoms with Crippen molar-refractivity contribution in [3.05, 3.63) is 0 Å². The van der Waals surface area contributed by atoms with Gasteiger partial charge in [0.25, 0.3) is 0 Å². The first kappa shape index (κ1) is 6.30. The van der Waals surface area contributed by atoms with Gasteiger partial charge in [0, 0.05) is 12.6 Å². The quantitative estimate of drug-likeness (QED) is 0.430. The van der Waals surface area contributed by atoms with E-state index in [2.05, 4.69) is 0 Å². The van der Waals surface area contributed by atoms with Crippen molar-refractivity contribution in [2.75, 3.05) is 0 Å². The minimum absolute atomic E-state index is 0.253. The maximum Gasteiger partial charge on any atom is 0.0933 e. The number of aliphatic hydroxyl groups excluding tert-OH is 1. The van der Waals surface area contributed by atoms with E-state index in [9.17, 15) is 0 Å². The summed E-state index contributed by atoms with van der Waals surface area (Å²) in [4.78, 5) is 0. The van der Waals surface area contributed by atoms with Gasteiger partial charge < -0.3 is 15.9 Å². The normalized spacial score (nSPS) is 12.7. The minimum Gasteiger partial charge on any atom is -0.387 e. The van der Waals surface area contributed by atoms with Crippen molar-refractivity contribution in [3.8, 4) is 0 Å². The molecule has 0 spiro atoms. The molecule has 0 heterocycles. The Balaban J connectivity index is 3.15. The highest BCUT2D eigenvalue weighted by Gasteiger charge is 1.91. The Kier molecular flexibility index (Phi) is 3.14. The van der Waals surface area contributed by atoms with Crippen LogP contribution in [0.3, 0.4) is 0 Å². The molecule has 7 heavy (non-hydrogen) atoms. The molecule has 0 aromatic carbocycles. The van der Waals surface area contributed by atoms with Gasteiger partial charge in [0.1, 0.15) is 0 Å². The number of nitrogens with one attached hydrogen (secondary N) is 2. The first-order valence-corrected chi connectivity index (χ1v) is 1.99. The molecular weight excluding hydrogens is 92.1 g/mol. The molecule has 0 aromatic heterocycles. The third-order valence-corrected chi connectivity index (χ3v) is 0.552. The van der Waals surface area contributed by atoms with E-state index in [1.807, 2.05) is 0 Å². The van der Waals surface area contributed by atoms with Crippen LogP contribution in [0.2, 0.25) is 0 Å². The molecule has 3 heteroatoms. The summed E-state index contributed by atoms with van der Waals surface area (Å²) in [6.45, 7) is 0. The Morgan fingerprint density at radius 2 is 2.14 bits per heavy atom. The van der Waals surface area contributed by atoms with Crippen LogP contribution >= 0.6 is 0 Å². The number of rotatable bonds is 3. The summed E-state index contributed by atoms with van der Waals surface area (Å²) in [5, 5.41) is 21.3.